The van der Waals surface area contributed by atoms with Gasteiger partial charge in [0.1, 0.15) is 0 Å². The summed E-state index contributed by atoms with van der Waals surface area (Å²) in [5.74, 6) is -1.26. The van der Waals surface area contributed by atoms with Gasteiger partial charge in [-0.15, -0.1) is 0 Å². The summed E-state index contributed by atoms with van der Waals surface area (Å²) < 4.78 is 19.8. The van der Waals surface area contributed by atoms with Gasteiger partial charge in [0, 0.05) is 24.9 Å². The Kier molecular flexibility index (Phi) is 6.27. The molecule has 1 nitrogen and oxygen atoms in total. The molecule has 2 fully saturated rings. The normalized spacial score (nSPS) is 20.5. The van der Waals surface area contributed by atoms with E-state index in [-0.39, 0.29) is 11.0 Å². The van der Waals surface area contributed by atoms with Gasteiger partial charge in [0.2, 0.25) is 0 Å². The van der Waals surface area contributed by atoms with Crippen LogP contribution in [-0.4, -0.2) is 5.54 Å². The number of rotatable bonds is 5. The van der Waals surface area contributed by atoms with Crippen molar-refractivity contribution in [1.29, 1.82) is 0 Å². The van der Waals surface area contributed by atoms with Crippen LogP contribution in [-0.2, 0) is 5.41 Å². The summed E-state index contributed by atoms with van der Waals surface area (Å²) in [6.07, 6.45) is 7.93. The molecular weight excluding hydrogens is 506 g/mol. The van der Waals surface area contributed by atoms with E-state index in [1.807, 2.05) is 0 Å². The first-order chi connectivity index (χ1) is 20.9. The molecule has 0 atom stereocenters. The van der Waals surface area contributed by atoms with E-state index in [9.17, 15) is 2.74 Å². The minimum Gasteiger partial charge on any atom is -0.335 e. The zero-order chi connectivity index (χ0) is 30.9. The maximum absolute atomic E-state index is 9.98. The fourth-order valence-corrected chi connectivity index (χ4v) is 8.08. The van der Waals surface area contributed by atoms with Crippen LogP contribution in [0, 0.1) is 0 Å². The Labute approximate surface area is 256 Å². The lowest BCUT2D eigenvalue weighted by Crippen LogP contribution is -2.39. The molecule has 0 amide bonds. The van der Waals surface area contributed by atoms with Crippen LogP contribution in [0.2, 0.25) is 0 Å². The molecule has 0 bridgehead atoms. The largest absolute Gasteiger partial charge is 0.335 e. The van der Waals surface area contributed by atoms with E-state index in [0.717, 1.165) is 73.9 Å². The Morgan fingerprint density at radius 2 is 1.24 bits per heavy atom. The predicted octanol–water partition coefficient (Wildman–Crippen LogP) is 11.9. The summed E-state index contributed by atoms with van der Waals surface area (Å²) in [6.45, 7) is 11.6. The lowest BCUT2D eigenvalue weighted by atomic mass is 9.80. The Bertz CT molecular complexity index is 1700. The minimum absolute atomic E-state index is 0.141. The highest BCUT2D eigenvalue weighted by atomic mass is 15.2. The Morgan fingerprint density at radius 3 is 1.90 bits per heavy atom. The molecule has 7 rings (SSSR count). The van der Waals surface area contributed by atoms with Crippen LogP contribution in [0.5, 0.6) is 0 Å². The van der Waals surface area contributed by atoms with Gasteiger partial charge in [-0.1, -0.05) is 112 Å². The standard InChI is InChI=1S/C41H47N/c1-40(2,3)42(39-31(28-16-7-6-8-17-28)23-15-24-32(39)29-18-9-10-19-29)38-27-37-35(26-34(38)30-20-11-12-21-30)33-22-13-14-25-36(33)41(37,4)5/h6-8,13-17,22-27,29-30H,9-12,18-21H2,1-5H3/i29D,30D. The van der Waals surface area contributed by atoms with Gasteiger partial charge in [-0.25, -0.2) is 0 Å². The van der Waals surface area contributed by atoms with Crippen molar-refractivity contribution >= 4 is 11.4 Å². The summed E-state index contributed by atoms with van der Waals surface area (Å²) in [6, 6.07) is 31.1. The molecule has 0 radical (unpaired) electrons. The third-order valence-corrected chi connectivity index (χ3v) is 10.1. The van der Waals surface area contributed by atoms with Gasteiger partial charge >= 0.3 is 0 Å². The van der Waals surface area contributed by atoms with Crippen LogP contribution in [0.25, 0.3) is 22.3 Å². The Balaban J connectivity index is 1.58. The van der Waals surface area contributed by atoms with E-state index in [1.165, 1.54) is 33.4 Å². The molecule has 0 heterocycles. The molecule has 3 aliphatic rings. The van der Waals surface area contributed by atoms with E-state index in [4.69, 9.17) is 0 Å². The molecule has 4 aromatic carbocycles. The second-order valence-electron chi connectivity index (χ2n) is 14.3. The monoisotopic (exact) mass is 555 g/mol. The van der Waals surface area contributed by atoms with E-state index in [2.05, 4.69) is 124 Å². The van der Waals surface area contributed by atoms with E-state index in [0.29, 0.717) is 0 Å². The maximum atomic E-state index is 9.98. The number of fused-ring (bicyclic) bond motifs is 3. The Morgan fingerprint density at radius 1 is 0.643 bits per heavy atom. The zero-order valence-electron chi connectivity index (χ0n) is 28.2. The second-order valence-corrected chi connectivity index (χ2v) is 14.3. The maximum Gasteiger partial charge on any atom is 0.0530 e. The molecule has 42 heavy (non-hydrogen) atoms. The summed E-state index contributed by atoms with van der Waals surface area (Å²) in [5.41, 5.74) is 11.8. The highest BCUT2D eigenvalue weighted by Crippen LogP contribution is 2.55. The van der Waals surface area contributed by atoms with Gasteiger partial charge in [0.25, 0.3) is 0 Å². The van der Waals surface area contributed by atoms with Crippen molar-refractivity contribution in [1.82, 2.24) is 0 Å². The highest BCUT2D eigenvalue weighted by Gasteiger charge is 2.40. The summed E-state index contributed by atoms with van der Waals surface area (Å²) >= 11 is 0. The predicted molar refractivity (Wildman–Crippen MR) is 180 cm³/mol. The minimum atomic E-state index is -0.636. The fraction of sp³-hybridized carbons (Fsp3) is 0.415. The second kappa shape index (κ2) is 10.4. The van der Waals surface area contributed by atoms with Crippen molar-refractivity contribution in [3.05, 3.63) is 107 Å². The average Bonchev–Trinajstić information content (AvgIpc) is 3.71. The van der Waals surface area contributed by atoms with E-state index >= 15 is 0 Å². The van der Waals surface area contributed by atoms with Crippen molar-refractivity contribution in [2.45, 2.75) is 109 Å². The summed E-state index contributed by atoms with van der Waals surface area (Å²) in [4.78, 5) is 2.56. The fourth-order valence-electron chi connectivity index (χ4n) is 8.08. The van der Waals surface area contributed by atoms with Gasteiger partial charge in [-0.2, -0.15) is 0 Å². The van der Waals surface area contributed by atoms with Gasteiger partial charge in [0.05, 0.1) is 5.69 Å². The molecule has 0 aliphatic heterocycles. The molecule has 0 unspecified atom stereocenters. The molecule has 1 heteroatoms. The molecule has 2 saturated carbocycles. The first-order valence-electron chi connectivity index (χ1n) is 17.2. The number of hydrogen-bond acceptors (Lipinski definition) is 1. The van der Waals surface area contributed by atoms with Crippen molar-refractivity contribution < 1.29 is 2.74 Å². The van der Waals surface area contributed by atoms with Crippen LogP contribution >= 0.6 is 0 Å². The van der Waals surface area contributed by atoms with Gasteiger partial charge in [-0.3, -0.25) is 0 Å². The third-order valence-electron chi connectivity index (χ3n) is 10.1. The number of nitrogens with zero attached hydrogens (tertiary/aromatic N) is 1. The lowest BCUT2D eigenvalue weighted by molar-refractivity contribution is 0.551. The topological polar surface area (TPSA) is 3.24 Å². The zero-order valence-corrected chi connectivity index (χ0v) is 26.2. The van der Waals surface area contributed by atoms with Crippen molar-refractivity contribution in [3.8, 4) is 22.3 Å². The van der Waals surface area contributed by atoms with Gasteiger partial charge in [-0.05, 0) is 109 Å². The molecule has 3 aliphatic carbocycles. The first-order valence-corrected chi connectivity index (χ1v) is 16.2. The number of hydrogen-bond donors (Lipinski definition) is 0. The SMILES string of the molecule is [2H]C1(c2cc3c(cc2N(c2c(-c4ccccc4)cccc2C2([2H])CCCC2)C(C)(C)C)C(C)(C)c2ccccc2-3)CCCC1. The van der Waals surface area contributed by atoms with Crippen LogP contribution < -0.4 is 4.90 Å². The molecule has 0 aromatic heterocycles. The Hall–Kier alpha value is -3.32. The third kappa shape index (κ3) is 4.52. The molecule has 216 valence electrons. The van der Waals surface area contributed by atoms with Gasteiger partial charge in [0.15, 0.2) is 0 Å². The van der Waals surface area contributed by atoms with Crippen LogP contribution in [0.4, 0.5) is 11.4 Å². The first kappa shape index (κ1) is 25.2. The summed E-state index contributed by atoms with van der Waals surface area (Å²) in [7, 11) is 0. The molecule has 0 saturated heterocycles. The molecule has 4 aromatic rings. The number of benzene rings is 4. The van der Waals surface area contributed by atoms with E-state index in [1.54, 1.807) is 0 Å². The van der Waals surface area contributed by atoms with Crippen molar-refractivity contribution in [2.24, 2.45) is 0 Å². The lowest BCUT2D eigenvalue weighted by Gasteiger charge is -2.43. The average molecular weight is 556 g/mol. The van der Waals surface area contributed by atoms with Crippen molar-refractivity contribution in [2.75, 3.05) is 4.90 Å². The van der Waals surface area contributed by atoms with Crippen LogP contribution in [0.3, 0.4) is 0 Å². The molecule has 0 spiro atoms. The highest BCUT2D eigenvalue weighted by molar-refractivity contribution is 5.90. The smallest absolute Gasteiger partial charge is 0.0530 e. The quantitative estimate of drug-likeness (QED) is 0.237. The van der Waals surface area contributed by atoms with Crippen molar-refractivity contribution in [3.63, 3.8) is 0 Å². The summed E-state index contributed by atoms with van der Waals surface area (Å²) in [5, 5.41) is 0. The molecular formula is C41H47N. The number of para-hydroxylation sites is 1. The van der Waals surface area contributed by atoms with Crippen LogP contribution in [0.1, 0.15) is 123 Å². The van der Waals surface area contributed by atoms with Gasteiger partial charge < -0.3 is 4.90 Å². The van der Waals surface area contributed by atoms with Crippen LogP contribution in [0.15, 0.2) is 84.9 Å². The van der Waals surface area contributed by atoms with E-state index < -0.39 is 11.8 Å². The number of anilines is 2. The molecule has 0 N–H and O–H groups in total.